The molecule has 0 aliphatic carbocycles. The average Bonchev–Trinajstić information content (AvgIpc) is 3.76. The van der Waals surface area contributed by atoms with Crippen LogP contribution in [0, 0.1) is 5.92 Å². The van der Waals surface area contributed by atoms with Crippen molar-refractivity contribution in [2.75, 3.05) is 18.7 Å². The van der Waals surface area contributed by atoms with Crippen molar-refractivity contribution in [2.24, 2.45) is 5.92 Å². The van der Waals surface area contributed by atoms with Crippen LogP contribution in [0.5, 0.6) is 17.2 Å². The maximum absolute atomic E-state index is 15.2. The van der Waals surface area contributed by atoms with Gasteiger partial charge in [0.2, 0.25) is 12.7 Å². The lowest BCUT2D eigenvalue weighted by atomic mass is 9.62. The number of anilines is 1. The Morgan fingerprint density at radius 3 is 2.62 bits per heavy atom. The van der Waals surface area contributed by atoms with Gasteiger partial charge in [0.25, 0.3) is 0 Å². The number of hydrogen-bond acceptors (Lipinski definition) is 7. The fourth-order valence-electron chi connectivity index (χ4n) is 7.50. The number of carbonyl (C=O) groups is 3. The smallest absolute Gasteiger partial charge is 0.238 e. The van der Waals surface area contributed by atoms with Crippen LogP contribution < -0.4 is 19.5 Å². The summed E-state index contributed by atoms with van der Waals surface area (Å²) in [7, 11) is 0. The van der Waals surface area contributed by atoms with E-state index in [2.05, 4.69) is 11.9 Å². The largest absolute Gasteiger partial charge is 0.489 e. The van der Waals surface area contributed by atoms with E-state index in [4.69, 9.17) is 14.2 Å². The average molecular weight is 597 g/mol. The van der Waals surface area contributed by atoms with Crippen molar-refractivity contribution in [1.82, 2.24) is 4.90 Å². The SMILES string of the molecule is C=CCOc1ccccc1C(=O)[C@H]1[C@H](C(=O)c2ccc3c(c2)OCO3)N2C=Cc3ccccc3[C@@H]2[C@]12C(=O)Nc1ccccc12. The van der Waals surface area contributed by atoms with Crippen molar-refractivity contribution in [3.63, 3.8) is 0 Å². The van der Waals surface area contributed by atoms with Gasteiger partial charge in [-0.2, -0.15) is 0 Å². The lowest BCUT2D eigenvalue weighted by Gasteiger charge is -2.38. The molecule has 0 radical (unpaired) electrons. The molecule has 1 spiro atoms. The van der Waals surface area contributed by atoms with Gasteiger partial charge in [-0.05, 0) is 59.2 Å². The minimum absolute atomic E-state index is 0.0623. The van der Waals surface area contributed by atoms with Crippen LogP contribution in [-0.4, -0.2) is 41.8 Å². The minimum atomic E-state index is -1.45. The Balaban J connectivity index is 1.40. The summed E-state index contributed by atoms with van der Waals surface area (Å²) >= 11 is 0. The van der Waals surface area contributed by atoms with Crippen molar-refractivity contribution >= 4 is 29.2 Å². The molecule has 4 aliphatic rings. The van der Waals surface area contributed by atoms with Crippen LogP contribution in [0.25, 0.3) is 6.08 Å². The van der Waals surface area contributed by atoms with Gasteiger partial charge in [-0.3, -0.25) is 14.4 Å². The van der Waals surface area contributed by atoms with Crippen molar-refractivity contribution in [2.45, 2.75) is 17.5 Å². The number of benzene rings is 4. The predicted octanol–water partition coefficient (Wildman–Crippen LogP) is 5.96. The molecule has 8 rings (SSSR count). The van der Waals surface area contributed by atoms with Crippen LogP contribution in [-0.2, 0) is 10.2 Å². The molecule has 0 aromatic heterocycles. The summed E-state index contributed by atoms with van der Waals surface area (Å²) in [6.45, 7) is 3.99. The lowest BCUT2D eigenvalue weighted by Crippen LogP contribution is -2.49. The van der Waals surface area contributed by atoms with Crippen LogP contribution >= 0.6 is 0 Å². The molecule has 4 atom stereocenters. The molecule has 222 valence electrons. The maximum Gasteiger partial charge on any atom is 0.238 e. The number of Topliss-reactive ketones (excluding diaryl/α,β-unsaturated/α-hetero) is 2. The molecule has 4 aromatic carbocycles. The number of amides is 1. The van der Waals surface area contributed by atoms with E-state index in [0.717, 1.165) is 11.1 Å². The summed E-state index contributed by atoms with van der Waals surface area (Å²) in [6, 6.07) is 25.6. The second-order valence-corrected chi connectivity index (χ2v) is 11.5. The number of carbonyl (C=O) groups excluding carboxylic acids is 3. The second-order valence-electron chi connectivity index (χ2n) is 11.5. The quantitative estimate of drug-likeness (QED) is 0.208. The maximum atomic E-state index is 15.2. The van der Waals surface area contributed by atoms with Crippen molar-refractivity contribution in [1.29, 1.82) is 0 Å². The van der Waals surface area contributed by atoms with Crippen LogP contribution in [0.15, 0.2) is 110 Å². The fraction of sp³-hybridized carbons (Fsp3) is 0.162. The van der Waals surface area contributed by atoms with E-state index < -0.39 is 23.4 Å². The van der Waals surface area contributed by atoms with E-state index in [0.29, 0.717) is 39.6 Å². The fourth-order valence-corrected chi connectivity index (χ4v) is 7.50. The predicted molar refractivity (Wildman–Crippen MR) is 167 cm³/mol. The molecular formula is C37H28N2O6. The molecule has 0 saturated carbocycles. The Labute approximate surface area is 259 Å². The Bertz CT molecular complexity index is 1950. The monoisotopic (exact) mass is 596 g/mol. The van der Waals surface area contributed by atoms with E-state index in [1.807, 2.05) is 65.7 Å². The Kier molecular flexibility index (Phi) is 6.13. The molecule has 8 nitrogen and oxygen atoms in total. The molecule has 4 heterocycles. The van der Waals surface area contributed by atoms with Crippen LogP contribution in [0.1, 0.15) is 43.4 Å². The highest BCUT2D eigenvalue weighted by atomic mass is 16.7. The molecular weight excluding hydrogens is 568 g/mol. The Hall–Kier alpha value is -5.63. The summed E-state index contributed by atoms with van der Waals surface area (Å²) in [5, 5.41) is 3.08. The van der Waals surface area contributed by atoms with Gasteiger partial charge in [0, 0.05) is 17.5 Å². The van der Waals surface area contributed by atoms with E-state index in [9.17, 15) is 9.59 Å². The number of nitrogens with one attached hydrogen (secondary N) is 1. The van der Waals surface area contributed by atoms with Gasteiger partial charge >= 0.3 is 0 Å². The normalized spacial score (nSPS) is 23.2. The molecule has 4 aliphatic heterocycles. The zero-order chi connectivity index (χ0) is 30.7. The molecule has 4 aromatic rings. The highest BCUT2D eigenvalue weighted by Gasteiger charge is 2.71. The van der Waals surface area contributed by atoms with Gasteiger partial charge in [0.15, 0.2) is 23.1 Å². The molecule has 45 heavy (non-hydrogen) atoms. The summed E-state index contributed by atoms with van der Waals surface area (Å²) < 4.78 is 17.0. The molecule has 1 fully saturated rings. The third kappa shape index (κ3) is 3.81. The third-order valence-corrected chi connectivity index (χ3v) is 9.29. The number of fused-ring (bicyclic) bond motifs is 7. The van der Waals surface area contributed by atoms with Crippen molar-refractivity contribution in [3.8, 4) is 17.2 Å². The minimum Gasteiger partial charge on any atom is -0.489 e. The molecule has 1 N–H and O–H groups in total. The van der Waals surface area contributed by atoms with Gasteiger partial charge < -0.3 is 24.4 Å². The summed E-state index contributed by atoms with van der Waals surface area (Å²) in [4.78, 5) is 46.7. The first kappa shape index (κ1) is 27.0. The van der Waals surface area contributed by atoms with Gasteiger partial charge in [-0.15, -0.1) is 0 Å². The first-order chi connectivity index (χ1) is 22.0. The Morgan fingerprint density at radius 2 is 1.73 bits per heavy atom. The van der Waals surface area contributed by atoms with Crippen molar-refractivity contribution in [3.05, 3.63) is 138 Å². The third-order valence-electron chi connectivity index (χ3n) is 9.29. The van der Waals surface area contributed by atoms with Crippen LogP contribution in [0.3, 0.4) is 0 Å². The van der Waals surface area contributed by atoms with Gasteiger partial charge in [-0.25, -0.2) is 0 Å². The van der Waals surface area contributed by atoms with Gasteiger partial charge in [0.1, 0.15) is 23.8 Å². The zero-order valence-electron chi connectivity index (χ0n) is 24.1. The van der Waals surface area contributed by atoms with E-state index in [-0.39, 0.29) is 30.9 Å². The first-order valence-electron chi connectivity index (χ1n) is 14.8. The summed E-state index contributed by atoms with van der Waals surface area (Å²) in [6.07, 6.45) is 5.39. The number of nitrogens with zero attached hydrogens (tertiary/aromatic N) is 1. The van der Waals surface area contributed by atoms with E-state index >= 15 is 4.79 Å². The topological polar surface area (TPSA) is 94.2 Å². The summed E-state index contributed by atoms with van der Waals surface area (Å²) in [5.41, 5.74) is 2.29. The van der Waals surface area contributed by atoms with Crippen LogP contribution in [0.2, 0.25) is 0 Å². The molecule has 1 amide bonds. The summed E-state index contributed by atoms with van der Waals surface area (Å²) in [5.74, 6) is -0.760. The first-order valence-corrected chi connectivity index (χ1v) is 14.8. The zero-order valence-corrected chi connectivity index (χ0v) is 24.1. The van der Waals surface area contributed by atoms with Crippen LogP contribution in [0.4, 0.5) is 5.69 Å². The number of ether oxygens (including phenoxy) is 3. The number of ketones is 2. The molecule has 0 bridgehead atoms. The van der Waals surface area contributed by atoms with Gasteiger partial charge in [-0.1, -0.05) is 67.3 Å². The molecule has 0 unspecified atom stereocenters. The standard InChI is InChI=1S/C37H28N2O6/c1-2-19-43-28-14-8-5-11-25(28)34(41)31-32(33(40)23-15-16-29-30(20-23)45-21-44-29)39-18-17-22-9-3-4-10-24(22)35(39)37(31)26-12-6-7-13-27(26)38-36(37)42/h2-18,20,31-32,35H,1,19,21H2,(H,38,42)/t31-,32-,35-,37-/m1/s1. The molecule has 8 heteroatoms. The second kappa shape index (κ2) is 10.2. The van der Waals surface area contributed by atoms with Gasteiger partial charge in [0.05, 0.1) is 17.5 Å². The number of para-hydroxylation sites is 2. The number of hydrogen-bond donors (Lipinski definition) is 1. The Morgan fingerprint density at radius 1 is 0.956 bits per heavy atom. The van der Waals surface area contributed by atoms with E-state index in [1.165, 1.54) is 0 Å². The molecule has 1 saturated heterocycles. The lowest BCUT2D eigenvalue weighted by molar-refractivity contribution is -0.122. The number of rotatable bonds is 7. The van der Waals surface area contributed by atoms with E-state index in [1.54, 1.807) is 48.5 Å². The highest BCUT2D eigenvalue weighted by Crippen LogP contribution is 2.62. The highest BCUT2D eigenvalue weighted by molar-refractivity contribution is 6.17. The van der Waals surface area contributed by atoms with Crippen molar-refractivity contribution < 1.29 is 28.6 Å².